The number of anilines is 1. The van der Waals surface area contributed by atoms with Crippen molar-refractivity contribution in [3.05, 3.63) is 90.8 Å². The van der Waals surface area contributed by atoms with E-state index in [0.717, 1.165) is 22.3 Å². The maximum atomic E-state index is 12.8. The monoisotopic (exact) mass is 380 g/mol. The highest BCUT2D eigenvalue weighted by Crippen LogP contribution is 2.27. The van der Waals surface area contributed by atoms with Gasteiger partial charge in [-0.3, -0.25) is 4.79 Å². The number of hydrogen-bond acceptors (Lipinski definition) is 4. The summed E-state index contributed by atoms with van der Waals surface area (Å²) in [5, 5.41) is 11.4. The van der Waals surface area contributed by atoms with E-state index in [2.05, 4.69) is 25.5 Å². The normalized spacial score (nSPS) is 10.9. The summed E-state index contributed by atoms with van der Waals surface area (Å²) in [6.45, 7) is 0. The lowest BCUT2D eigenvalue weighted by atomic mass is 10.1. The summed E-state index contributed by atoms with van der Waals surface area (Å²) in [7, 11) is 0. The number of amides is 1. The lowest BCUT2D eigenvalue weighted by Gasteiger charge is -2.08. The number of H-pyrrole nitrogens is 1. The molecule has 140 valence electrons. The highest BCUT2D eigenvalue weighted by atomic mass is 16.2. The first kappa shape index (κ1) is 16.9. The lowest BCUT2D eigenvalue weighted by molar-refractivity contribution is 0.102. The van der Waals surface area contributed by atoms with Crippen molar-refractivity contribution in [2.45, 2.75) is 0 Å². The van der Waals surface area contributed by atoms with Crippen molar-refractivity contribution in [2.24, 2.45) is 0 Å². The third-order valence-corrected chi connectivity index (χ3v) is 4.53. The van der Waals surface area contributed by atoms with Gasteiger partial charge in [-0.1, -0.05) is 42.5 Å². The van der Waals surface area contributed by atoms with Gasteiger partial charge in [-0.2, -0.15) is 9.90 Å². The van der Waals surface area contributed by atoms with E-state index in [1.54, 1.807) is 0 Å². The van der Waals surface area contributed by atoms with Gasteiger partial charge in [0, 0.05) is 5.56 Å². The van der Waals surface area contributed by atoms with Crippen LogP contribution in [0, 0.1) is 0 Å². The molecule has 0 radical (unpaired) electrons. The molecular weight excluding hydrogens is 364 g/mol. The molecule has 2 aromatic heterocycles. The van der Waals surface area contributed by atoms with E-state index in [1.807, 2.05) is 78.9 Å². The zero-order valence-electron chi connectivity index (χ0n) is 15.3. The summed E-state index contributed by atoms with van der Waals surface area (Å²) in [6.07, 6.45) is 1.45. The Morgan fingerprint density at radius 2 is 1.66 bits per heavy atom. The maximum absolute atomic E-state index is 12.8. The van der Waals surface area contributed by atoms with Crippen molar-refractivity contribution in [1.82, 2.24) is 25.0 Å². The summed E-state index contributed by atoms with van der Waals surface area (Å²) < 4.78 is 0. The Kier molecular flexibility index (Phi) is 4.10. The minimum absolute atomic E-state index is 0.230. The molecule has 0 aliphatic carbocycles. The molecule has 0 aliphatic heterocycles. The van der Waals surface area contributed by atoms with Crippen molar-refractivity contribution in [1.29, 1.82) is 0 Å². The fourth-order valence-corrected chi connectivity index (χ4v) is 3.12. The van der Waals surface area contributed by atoms with Gasteiger partial charge in [0.2, 0.25) is 0 Å². The van der Waals surface area contributed by atoms with Gasteiger partial charge >= 0.3 is 0 Å². The average molecular weight is 380 g/mol. The first-order valence-electron chi connectivity index (χ1n) is 9.11. The van der Waals surface area contributed by atoms with Gasteiger partial charge < -0.3 is 10.3 Å². The van der Waals surface area contributed by atoms with Crippen molar-refractivity contribution >= 4 is 22.6 Å². The average Bonchev–Trinajstić information content (AvgIpc) is 3.42. The van der Waals surface area contributed by atoms with Crippen LogP contribution in [0.4, 0.5) is 5.69 Å². The van der Waals surface area contributed by atoms with Crippen LogP contribution >= 0.6 is 0 Å². The second-order valence-electron chi connectivity index (χ2n) is 6.46. The van der Waals surface area contributed by atoms with Crippen molar-refractivity contribution in [3.63, 3.8) is 0 Å². The van der Waals surface area contributed by atoms with Crippen LogP contribution in [-0.4, -0.2) is 30.9 Å². The molecular formula is C22H16N6O. The van der Waals surface area contributed by atoms with Gasteiger partial charge in [0.1, 0.15) is 5.82 Å². The standard InChI is InChI=1S/C22H16N6O/c29-22(20-14-23-28(27-20)15-8-2-1-3-9-15)26-17-11-5-4-10-16(17)21-24-18-12-6-7-13-19(18)25-21/h1-14H,(H,24,25)(H,26,29). The first-order chi connectivity index (χ1) is 14.3. The Morgan fingerprint density at radius 3 is 2.52 bits per heavy atom. The molecule has 0 bridgehead atoms. The fourth-order valence-electron chi connectivity index (χ4n) is 3.12. The Balaban J connectivity index is 1.44. The second-order valence-corrected chi connectivity index (χ2v) is 6.46. The molecule has 2 N–H and O–H groups in total. The first-order valence-corrected chi connectivity index (χ1v) is 9.11. The van der Waals surface area contributed by atoms with E-state index in [1.165, 1.54) is 11.0 Å². The molecule has 7 heteroatoms. The van der Waals surface area contributed by atoms with Crippen LogP contribution in [0.3, 0.4) is 0 Å². The van der Waals surface area contributed by atoms with Crippen molar-refractivity contribution in [3.8, 4) is 17.1 Å². The van der Waals surface area contributed by atoms with Crippen LogP contribution in [-0.2, 0) is 0 Å². The fraction of sp³-hybridized carbons (Fsp3) is 0. The molecule has 0 atom stereocenters. The number of nitrogens with zero attached hydrogens (tertiary/aromatic N) is 4. The highest BCUT2D eigenvalue weighted by molar-refractivity contribution is 6.04. The molecule has 2 heterocycles. The molecule has 0 saturated carbocycles. The number of para-hydroxylation sites is 4. The van der Waals surface area contributed by atoms with E-state index in [-0.39, 0.29) is 11.6 Å². The third kappa shape index (κ3) is 3.25. The number of benzene rings is 3. The van der Waals surface area contributed by atoms with Gasteiger partial charge in [-0.25, -0.2) is 4.98 Å². The summed E-state index contributed by atoms with van der Waals surface area (Å²) >= 11 is 0. The zero-order valence-corrected chi connectivity index (χ0v) is 15.3. The molecule has 5 aromatic rings. The Morgan fingerprint density at radius 1 is 0.897 bits per heavy atom. The number of hydrogen-bond donors (Lipinski definition) is 2. The van der Waals surface area contributed by atoms with Crippen molar-refractivity contribution < 1.29 is 4.79 Å². The van der Waals surface area contributed by atoms with E-state index < -0.39 is 0 Å². The predicted octanol–water partition coefficient (Wildman–Crippen LogP) is 4.06. The van der Waals surface area contributed by atoms with Gasteiger partial charge in [0.15, 0.2) is 5.69 Å². The van der Waals surface area contributed by atoms with Crippen LogP contribution in [0.1, 0.15) is 10.5 Å². The van der Waals surface area contributed by atoms with Crippen LogP contribution in [0.15, 0.2) is 85.1 Å². The predicted molar refractivity (Wildman–Crippen MR) is 111 cm³/mol. The number of carbonyl (C=O) groups is 1. The Bertz CT molecular complexity index is 1270. The molecule has 0 unspecified atom stereocenters. The number of nitrogens with one attached hydrogen (secondary N) is 2. The zero-order chi connectivity index (χ0) is 19.6. The SMILES string of the molecule is O=C(Nc1ccccc1-c1nc2ccccc2[nH]1)c1cnn(-c2ccccc2)n1. The quantitative estimate of drug-likeness (QED) is 0.492. The van der Waals surface area contributed by atoms with Crippen molar-refractivity contribution in [2.75, 3.05) is 5.32 Å². The van der Waals surface area contributed by atoms with Gasteiger partial charge in [-0.15, -0.1) is 5.10 Å². The molecule has 0 aliphatic rings. The Labute approximate surface area is 166 Å². The largest absolute Gasteiger partial charge is 0.338 e. The lowest BCUT2D eigenvalue weighted by Crippen LogP contribution is -2.14. The second kappa shape index (κ2) is 7.05. The molecule has 0 fully saturated rings. The van der Waals surface area contributed by atoms with E-state index >= 15 is 0 Å². The van der Waals surface area contributed by atoms with E-state index in [4.69, 9.17) is 0 Å². The van der Waals surface area contributed by atoms with Gasteiger partial charge in [0.05, 0.1) is 28.6 Å². The minimum Gasteiger partial charge on any atom is -0.338 e. The van der Waals surface area contributed by atoms with Crippen LogP contribution in [0.5, 0.6) is 0 Å². The molecule has 7 nitrogen and oxygen atoms in total. The maximum Gasteiger partial charge on any atom is 0.277 e. The van der Waals surface area contributed by atoms with E-state index in [9.17, 15) is 4.79 Å². The number of aromatic amines is 1. The minimum atomic E-state index is -0.337. The van der Waals surface area contributed by atoms with E-state index in [0.29, 0.717) is 11.5 Å². The third-order valence-electron chi connectivity index (χ3n) is 4.53. The van der Waals surface area contributed by atoms with Gasteiger partial charge in [-0.05, 0) is 36.4 Å². The number of carbonyl (C=O) groups excluding carboxylic acids is 1. The number of aromatic nitrogens is 5. The molecule has 0 spiro atoms. The summed E-state index contributed by atoms with van der Waals surface area (Å²) in [4.78, 5) is 22.1. The number of rotatable bonds is 4. The van der Waals surface area contributed by atoms with Crippen LogP contribution in [0.25, 0.3) is 28.1 Å². The topological polar surface area (TPSA) is 88.5 Å². The molecule has 29 heavy (non-hydrogen) atoms. The summed E-state index contributed by atoms with van der Waals surface area (Å²) in [5.41, 5.74) is 4.27. The number of fused-ring (bicyclic) bond motifs is 1. The number of imidazole rings is 1. The molecule has 1 amide bonds. The summed E-state index contributed by atoms with van der Waals surface area (Å²) in [6, 6.07) is 24.8. The van der Waals surface area contributed by atoms with Crippen LogP contribution in [0.2, 0.25) is 0 Å². The molecule has 0 saturated heterocycles. The van der Waals surface area contributed by atoms with Crippen LogP contribution < -0.4 is 5.32 Å². The molecule has 5 rings (SSSR count). The summed E-state index contributed by atoms with van der Waals surface area (Å²) in [5.74, 6) is 0.353. The smallest absolute Gasteiger partial charge is 0.277 e. The molecule has 3 aromatic carbocycles. The van der Waals surface area contributed by atoms with Gasteiger partial charge in [0.25, 0.3) is 5.91 Å². The Hall–Kier alpha value is -4.26. The highest BCUT2D eigenvalue weighted by Gasteiger charge is 2.15.